The van der Waals surface area contributed by atoms with Gasteiger partial charge in [0.05, 0.1) is 0 Å². The molecule has 0 aliphatic heterocycles. The van der Waals surface area contributed by atoms with Crippen LogP contribution in [0.4, 0.5) is 0 Å². The van der Waals surface area contributed by atoms with Crippen molar-refractivity contribution in [3.05, 3.63) is 0 Å². The topological polar surface area (TPSA) is 75.3 Å². The molecule has 2 atom stereocenters. The SMILES string of the molecule is CCCCC(N)C(O)C(=O)NCC1(C)CCCC1. The molecule has 1 rings (SSSR count). The summed E-state index contributed by atoms with van der Waals surface area (Å²) in [5.74, 6) is -0.313. The second-order valence-electron chi connectivity index (χ2n) is 5.99. The molecule has 1 aliphatic rings. The van der Waals surface area contributed by atoms with Gasteiger partial charge in [-0.25, -0.2) is 0 Å². The maximum absolute atomic E-state index is 11.8. The van der Waals surface area contributed by atoms with Crippen LogP contribution in [0.15, 0.2) is 0 Å². The van der Waals surface area contributed by atoms with Crippen LogP contribution in [-0.2, 0) is 4.79 Å². The summed E-state index contributed by atoms with van der Waals surface area (Å²) in [6, 6.07) is -0.443. The predicted molar refractivity (Wildman–Crippen MR) is 73.1 cm³/mol. The number of unbranched alkanes of at least 4 members (excludes halogenated alkanes) is 1. The van der Waals surface area contributed by atoms with Crippen molar-refractivity contribution in [2.45, 2.75) is 70.9 Å². The number of rotatable bonds is 7. The van der Waals surface area contributed by atoms with Gasteiger partial charge in [-0.05, 0) is 24.7 Å². The van der Waals surface area contributed by atoms with Gasteiger partial charge in [-0.2, -0.15) is 0 Å². The molecule has 0 saturated heterocycles. The molecule has 0 bridgehead atoms. The molecule has 4 nitrogen and oxygen atoms in total. The van der Waals surface area contributed by atoms with Gasteiger partial charge >= 0.3 is 0 Å². The molecule has 1 fully saturated rings. The van der Waals surface area contributed by atoms with Crippen molar-refractivity contribution in [3.8, 4) is 0 Å². The Hall–Kier alpha value is -0.610. The first-order valence-corrected chi connectivity index (χ1v) is 7.20. The van der Waals surface area contributed by atoms with Gasteiger partial charge < -0.3 is 16.2 Å². The molecule has 1 aliphatic carbocycles. The maximum atomic E-state index is 11.8. The number of aliphatic hydroxyl groups is 1. The molecule has 4 N–H and O–H groups in total. The van der Waals surface area contributed by atoms with Gasteiger partial charge in [0, 0.05) is 12.6 Å². The Morgan fingerprint density at radius 1 is 1.44 bits per heavy atom. The van der Waals surface area contributed by atoms with E-state index in [0.29, 0.717) is 13.0 Å². The van der Waals surface area contributed by atoms with Crippen molar-refractivity contribution < 1.29 is 9.90 Å². The summed E-state index contributed by atoms with van der Waals surface area (Å²) in [7, 11) is 0. The van der Waals surface area contributed by atoms with Gasteiger partial charge in [-0.3, -0.25) is 4.79 Å². The number of hydrogen-bond acceptors (Lipinski definition) is 3. The predicted octanol–water partition coefficient (Wildman–Crippen LogP) is 1.56. The molecule has 0 heterocycles. The normalized spacial score (nSPS) is 21.6. The Balaban J connectivity index is 2.30. The molecule has 0 aromatic heterocycles. The first-order valence-electron chi connectivity index (χ1n) is 7.20. The van der Waals surface area contributed by atoms with E-state index >= 15 is 0 Å². The lowest BCUT2D eigenvalue weighted by molar-refractivity contribution is -0.130. The van der Waals surface area contributed by atoms with Crippen molar-refractivity contribution in [2.24, 2.45) is 11.1 Å². The van der Waals surface area contributed by atoms with E-state index in [9.17, 15) is 9.90 Å². The summed E-state index contributed by atoms with van der Waals surface area (Å²) in [5.41, 5.74) is 6.02. The van der Waals surface area contributed by atoms with Gasteiger partial charge in [-0.1, -0.05) is 39.5 Å². The van der Waals surface area contributed by atoms with Crippen LogP contribution < -0.4 is 11.1 Å². The van der Waals surface area contributed by atoms with E-state index in [1.54, 1.807) is 0 Å². The number of hydrogen-bond donors (Lipinski definition) is 3. The van der Waals surface area contributed by atoms with Crippen LogP contribution in [0.5, 0.6) is 0 Å². The summed E-state index contributed by atoms with van der Waals surface area (Å²) in [4.78, 5) is 11.8. The van der Waals surface area contributed by atoms with Crippen LogP contribution in [0.25, 0.3) is 0 Å². The second kappa shape index (κ2) is 7.10. The largest absolute Gasteiger partial charge is 0.382 e. The lowest BCUT2D eigenvalue weighted by atomic mass is 9.89. The fourth-order valence-electron chi connectivity index (χ4n) is 2.60. The number of nitrogens with one attached hydrogen (secondary N) is 1. The third kappa shape index (κ3) is 4.58. The molecule has 2 unspecified atom stereocenters. The van der Waals surface area contributed by atoms with Crippen LogP contribution in [0.3, 0.4) is 0 Å². The minimum absolute atomic E-state index is 0.211. The minimum atomic E-state index is -1.07. The molecule has 4 heteroatoms. The number of carbonyl (C=O) groups excluding carboxylic acids is 1. The summed E-state index contributed by atoms with van der Waals surface area (Å²) in [6.07, 6.45) is 6.40. The lowest BCUT2D eigenvalue weighted by Crippen LogP contribution is -2.48. The molecular formula is C14H28N2O2. The van der Waals surface area contributed by atoms with E-state index in [0.717, 1.165) is 25.7 Å². The standard InChI is InChI=1S/C14H28N2O2/c1-3-4-7-11(15)12(17)13(18)16-10-14(2)8-5-6-9-14/h11-12,17H,3-10,15H2,1-2H3,(H,16,18). The Labute approximate surface area is 110 Å². The van der Waals surface area contributed by atoms with Crippen molar-refractivity contribution >= 4 is 5.91 Å². The zero-order valence-corrected chi connectivity index (χ0v) is 11.7. The van der Waals surface area contributed by atoms with E-state index < -0.39 is 12.1 Å². The molecule has 0 aromatic carbocycles. The average Bonchev–Trinajstić information content (AvgIpc) is 2.79. The Bertz CT molecular complexity index is 263. The van der Waals surface area contributed by atoms with Gasteiger partial charge in [0.15, 0.2) is 0 Å². The molecule has 0 spiro atoms. The number of carbonyl (C=O) groups is 1. The minimum Gasteiger partial charge on any atom is -0.382 e. The number of nitrogens with two attached hydrogens (primary N) is 1. The highest BCUT2D eigenvalue weighted by Gasteiger charge is 2.30. The molecule has 1 saturated carbocycles. The fourth-order valence-corrected chi connectivity index (χ4v) is 2.60. The third-order valence-electron chi connectivity index (χ3n) is 4.07. The van der Waals surface area contributed by atoms with E-state index in [1.807, 2.05) is 0 Å². The highest BCUT2D eigenvalue weighted by Crippen LogP contribution is 2.36. The van der Waals surface area contributed by atoms with E-state index in [1.165, 1.54) is 12.8 Å². The highest BCUT2D eigenvalue weighted by atomic mass is 16.3. The van der Waals surface area contributed by atoms with Gasteiger partial charge in [0.2, 0.25) is 5.91 Å². The smallest absolute Gasteiger partial charge is 0.250 e. The summed E-state index contributed by atoms with van der Waals surface area (Å²) < 4.78 is 0. The molecule has 18 heavy (non-hydrogen) atoms. The molecule has 0 aromatic rings. The first-order chi connectivity index (χ1) is 8.48. The maximum Gasteiger partial charge on any atom is 0.250 e. The van der Waals surface area contributed by atoms with Crippen LogP contribution in [0.2, 0.25) is 0 Å². The summed E-state index contributed by atoms with van der Waals surface area (Å²) in [5, 5.41) is 12.7. The molecule has 1 amide bonds. The van der Waals surface area contributed by atoms with Crippen LogP contribution >= 0.6 is 0 Å². The van der Waals surface area contributed by atoms with Crippen LogP contribution in [-0.4, -0.2) is 29.7 Å². The zero-order chi connectivity index (χ0) is 13.6. The van der Waals surface area contributed by atoms with Crippen molar-refractivity contribution in [1.82, 2.24) is 5.32 Å². The first kappa shape index (κ1) is 15.4. The van der Waals surface area contributed by atoms with Crippen molar-refractivity contribution in [2.75, 3.05) is 6.54 Å². The second-order valence-corrected chi connectivity index (χ2v) is 5.99. The van der Waals surface area contributed by atoms with Gasteiger partial charge in [-0.15, -0.1) is 0 Å². The molecule has 106 valence electrons. The van der Waals surface area contributed by atoms with Crippen LogP contribution in [0.1, 0.15) is 58.8 Å². The fraction of sp³-hybridized carbons (Fsp3) is 0.929. The number of aliphatic hydroxyl groups excluding tert-OH is 1. The third-order valence-corrected chi connectivity index (χ3v) is 4.07. The van der Waals surface area contributed by atoms with E-state index in [-0.39, 0.29) is 11.3 Å². The number of amides is 1. The summed E-state index contributed by atoms with van der Waals surface area (Å²) >= 11 is 0. The van der Waals surface area contributed by atoms with Crippen LogP contribution in [0, 0.1) is 5.41 Å². The van der Waals surface area contributed by atoms with E-state index in [4.69, 9.17) is 5.73 Å². The molecule has 0 radical (unpaired) electrons. The van der Waals surface area contributed by atoms with E-state index in [2.05, 4.69) is 19.2 Å². The summed E-state index contributed by atoms with van der Waals surface area (Å²) in [6.45, 7) is 4.92. The lowest BCUT2D eigenvalue weighted by Gasteiger charge is -2.25. The Morgan fingerprint density at radius 3 is 2.61 bits per heavy atom. The Kier molecular flexibility index (Phi) is 6.09. The van der Waals surface area contributed by atoms with Crippen molar-refractivity contribution in [1.29, 1.82) is 0 Å². The van der Waals surface area contributed by atoms with Crippen molar-refractivity contribution in [3.63, 3.8) is 0 Å². The monoisotopic (exact) mass is 256 g/mol. The quantitative estimate of drug-likeness (QED) is 0.647. The average molecular weight is 256 g/mol. The van der Waals surface area contributed by atoms with Gasteiger partial charge in [0.25, 0.3) is 0 Å². The van der Waals surface area contributed by atoms with Gasteiger partial charge in [0.1, 0.15) is 6.10 Å². The molecular weight excluding hydrogens is 228 g/mol. The highest BCUT2D eigenvalue weighted by molar-refractivity contribution is 5.81. The zero-order valence-electron chi connectivity index (χ0n) is 11.7. The Morgan fingerprint density at radius 2 is 2.06 bits per heavy atom.